The molecule has 1 aromatic carbocycles. The van der Waals surface area contributed by atoms with Gasteiger partial charge in [-0.25, -0.2) is 0 Å². The van der Waals surface area contributed by atoms with E-state index in [0.29, 0.717) is 6.04 Å². The number of para-hydroxylation sites is 1. The van der Waals surface area contributed by atoms with Gasteiger partial charge in [0.15, 0.2) is 0 Å². The second-order valence-electron chi connectivity index (χ2n) is 5.58. The van der Waals surface area contributed by atoms with Gasteiger partial charge in [0, 0.05) is 43.4 Å². The summed E-state index contributed by atoms with van der Waals surface area (Å²) in [6.45, 7) is 8.07. The minimum atomic E-state index is 0.486. The normalized spacial score (nSPS) is 18.4. The van der Waals surface area contributed by atoms with Crippen LogP contribution in [-0.2, 0) is 11.3 Å². The number of hydrogen-bond donors (Lipinski definition) is 2. The van der Waals surface area contributed by atoms with Crippen molar-refractivity contribution in [1.29, 1.82) is 0 Å². The van der Waals surface area contributed by atoms with Gasteiger partial charge in [0.25, 0.3) is 0 Å². The fraction of sp³-hybridized carbons (Fsp3) is 0.500. The maximum Gasteiger partial charge on any atom is 0.0594 e. The summed E-state index contributed by atoms with van der Waals surface area (Å²) in [4.78, 5) is 5.92. The van der Waals surface area contributed by atoms with E-state index >= 15 is 0 Å². The highest BCUT2D eigenvalue weighted by Crippen LogP contribution is 2.14. The first-order valence-corrected chi connectivity index (χ1v) is 7.41. The summed E-state index contributed by atoms with van der Waals surface area (Å²) in [5.74, 6) is 0. The van der Waals surface area contributed by atoms with E-state index in [9.17, 15) is 0 Å². The van der Waals surface area contributed by atoms with Crippen LogP contribution in [0.5, 0.6) is 0 Å². The van der Waals surface area contributed by atoms with Crippen LogP contribution in [0.25, 0.3) is 10.9 Å². The van der Waals surface area contributed by atoms with Gasteiger partial charge in [-0.05, 0) is 24.4 Å². The molecule has 1 aromatic heterocycles. The van der Waals surface area contributed by atoms with Crippen molar-refractivity contribution in [1.82, 2.24) is 15.2 Å². The maximum absolute atomic E-state index is 5.38. The highest BCUT2D eigenvalue weighted by atomic mass is 16.5. The standard InChI is InChI=1S/C16H23N3O/c1-13(12-19-6-8-20-9-7-19)17-11-15-10-14-4-2-3-5-16(14)18-15/h2-5,10,13,17-18H,6-9,11-12H2,1H3. The fourth-order valence-corrected chi connectivity index (χ4v) is 2.75. The maximum atomic E-state index is 5.38. The largest absolute Gasteiger partial charge is 0.379 e. The van der Waals surface area contributed by atoms with Crippen molar-refractivity contribution in [2.24, 2.45) is 0 Å². The van der Waals surface area contributed by atoms with Gasteiger partial charge in [0.1, 0.15) is 0 Å². The molecule has 3 rings (SSSR count). The molecule has 1 unspecified atom stereocenters. The van der Waals surface area contributed by atoms with Crippen LogP contribution in [0.3, 0.4) is 0 Å². The Bertz CT molecular complexity index is 512. The van der Waals surface area contributed by atoms with Crippen LogP contribution < -0.4 is 5.32 Å². The summed E-state index contributed by atoms with van der Waals surface area (Å²) >= 11 is 0. The smallest absolute Gasteiger partial charge is 0.0594 e. The van der Waals surface area contributed by atoms with E-state index in [1.54, 1.807) is 0 Å². The average Bonchev–Trinajstić information content (AvgIpc) is 2.89. The Morgan fingerprint density at radius 3 is 2.90 bits per heavy atom. The van der Waals surface area contributed by atoms with Gasteiger partial charge >= 0.3 is 0 Å². The van der Waals surface area contributed by atoms with Gasteiger partial charge < -0.3 is 15.0 Å². The lowest BCUT2D eigenvalue weighted by Gasteiger charge is -2.29. The first kappa shape index (κ1) is 13.6. The molecule has 108 valence electrons. The zero-order valence-corrected chi connectivity index (χ0v) is 12.1. The Hall–Kier alpha value is -1.36. The van der Waals surface area contributed by atoms with Crippen molar-refractivity contribution in [3.63, 3.8) is 0 Å². The molecule has 0 bridgehead atoms. The summed E-state index contributed by atoms with van der Waals surface area (Å²) in [6.07, 6.45) is 0. The number of rotatable bonds is 5. The summed E-state index contributed by atoms with van der Waals surface area (Å²) in [5, 5.41) is 4.88. The van der Waals surface area contributed by atoms with E-state index < -0.39 is 0 Å². The van der Waals surface area contributed by atoms with Crippen LogP contribution in [0.15, 0.2) is 30.3 Å². The first-order valence-electron chi connectivity index (χ1n) is 7.41. The number of fused-ring (bicyclic) bond motifs is 1. The van der Waals surface area contributed by atoms with Crippen molar-refractivity contribution >= 4 is 10.9 Å². The van der Waals surface area contributed by atoms with Crippen LogP contribution >= 0.6 is 0 Å². The van der Waals surface area contributed by atoms with Crippen LogP contribution in [0.1, 0.15) is 12.6 Å². The minimum absolute atomic E-state index is 0.486. The van der Waals surface area contributed by atoms with Gasteiger partial charge in [-0.3, -0.25) is 4.90 Å². The number of aromatic nitrogens is 1. The van der Waals surface area contributed by atoms with Crippen molar-refractivity contribution in [2.45, 2.75) is 19.5 Å². The Morgan fingerprint density at radius 2 is 2.10 bits per heavy atom. The van der Waals surface area contributed by atoms with Crippen LogP contribution in [0, 0.1) is 0 Å². The third-order valence-electron chi connectivity index (χ3n) is 3.86. The van der Waals surface area contributed by atoms with Crippen molar-refractivity contribution in [3.8, 4) is 0 Å². The van der Waals surface area contributed by atoms with Crippen LogP contribution in [-0.4, -0.2) is 48.8 Å². The third kappa shape index (κ3) is 3.39. The van der Waals surface area contributed by atoms with E-state index in [1.807, 2.05) is 0 Å². The lowest BCUT2D eigenvalue weighted by Crippen LogP contribution is -2.44. The summed E-state index contributed by atoms with van der Waals surface area (Å²) in [5.41, 5.74) is 2.46. The molecule has 0 aliphatic carbocycles. The lowest BCUT2D eigenvalue weighted by atomic mass is 10.2. The molecule has 4 nitrogen and oxygen atoms in total. The Morgan fingerprint density at radius 1 is 1.30 bits per heavy atom. The van der Waals surface area contributed by atoms with Gasteiger partial charge in [0.05, 0.1) is 13.2 Å². The third-order valence-corrected chi connectivity index (χ3v) is 3.86. The van der Waals surface area contributed by atoms with Crippen molar-refractivity contribution in [3.05, 3.63) is 36.0 Å². The second-order valence-corrected chi connectivity index (χ2v) is 5.58. The molecule has 1 fully saturated rings. The number of benzene rings is 1. The minimum Gasteiger partial charge on any atom is -0.379 e. The number of nitrogens with one attached hydrogen (secondary N) is 2. The highest BCUT2D eigenvalue weighted by molar-refractivity contribution is 5.80. The molecule has 4 heteroatoms. The zero-order valence-electron chi connectivity index (χ0n) is 12.1. The molecular formula is C16H23N3O. The van der Waals surface area contributed by atoms with Gasteiger partial charge in [0.2, 0.25) is 0 Å². The SMILES string of the molecule is CC(CN1CCOCC1)NCc1cc2ccccc2[nH]1. The molecule has 0 spiro atoms. The van der Waals surface area contributed by atoms with E-state index in [2.05, 4.69) is 52.5 Å². The monoisotopic (exact) mass is 273 g/mol. The van der Waals surface area contributed by atoms with Gasteiger partial charge in [-0.2, -0.15) is 0 Å². The average molecular weight is 273 g/mol. The predicted octanol–water partition coefficient (Wildman–Crippen LogP) is 1.98. The first-order chi connectivity index (χ1) is 9.81. The molecule has 2 heterocycles. The van der Waals surface area contributed by atoms with Gasteiger partial charge in [-0.15, -0.1) is 0 Å². The molecular weight excluding hydrogens is 250 g/mol. The van der Waals surface area contributed by atoms with E-state index in [1.165, 1.54) is 16.6 Å². The van der Waals surface area contributed by atoms with Crippen LogP contribution in [0.2, 0.25) is 0 Å². The van der Waals surface area contributed by atoms with E-state index in [4.69, 9.17) is 4.74 Å². The van der Waals surface area contributed by atoms with E-state index in [-0.39, 0.29) is 0 Å². The molecule has 0 radical (unpaired) electrons. The van der Waals surface area contributed by atoms with Gasteiger partial charge in [-0.1, -0.05) is 18.2 Å². The molecule has 1 aliphatic rings. The summed E-state index contributed by atoms with van der Waals surface area (Å²) < 4.78 is 5.38. The molecule has 0 amide bonds. The fourth-order valence-electron chi connectivity index (χ4n) is 2.75. The number of morpholine rings is 1. The molecule has 2 aromatic rings. The van der Waals surface area contributed by atoms with E-state index in [0.717, 1.165) is 39.4 Å². The number of hydrogen-bond acceptors (Lipinski definition) is 3. The Balaban J connectivity index is 1.50. The quantitative estimate of drug-likeness (QED) is 0.875. The summed E-state index contributed by atoms with van der Waals surface area (Å²) in [6, 6.07) is 11.1. The topological polar surface area (TPSA) is 40.3 Å². The number of H-pyrrole nitrogens is 1. The number of ether oxygens (including phenoxy) is 1. The highest BCUT2D eigenvalue weighted by Gasteiger charge is 2.13. The molecule has 0 saturated carbocycles. The molecule has 1 aliphatic heterocycles. The lowest BCUT2D eigenvalue weighted by molar-refractivity contribution is 0.0343. The van der Waals surface area contributed by atoms with Crippen molar-refractivity contribution in [2.75, 3.05) is 32.8 Å². The summed E-state index contributed by atoms with van der Waals surface area (Å²) in [7, 11) is 0. The zero-order chi connectivity index (χ0) is 13.8. The second kappa shape index (κ2) is 6.39. The van der Waals surface area contributed by atoms with Crippen molar-refractivity contribution < 1.29 is 4.74 Å². The molecule has 2 N–H and O–H groups in total. The Kier molecular flexibility index (Phi) is 4.35. The van der Waals surface area contributed by atoms with Crippen LogP contribution in [0.4, 0.5) is 0 Å². The predicted molar refractivity (Wildman–Crippen MR) is 81.9 cm³/mol. The Labute approximate surface area is 120 Å². The number of aromatic amines is 1. The number of nitrogens with zero attached hydrogens (tertiary/aromatic N) is 1. The molecule has 1 atom stereocenters. The molecule has 1 saturated heterocycles. The molecule has 20 heavy (non-hydrogen) atoms.